The van der Waals surface area contributed by atoms with E-state index >= 15 is 0 Å². The summed E-state index contributed by atoms with van der Waals surface area (Å²) in [5, 5.41) is 0.898. The normalized spacial score (nSPS) is 12.9. The van der Waals surface area contributed by atoms with Crippen LogP contribution in [0.4, 0.5) is 0 Å². The van der Waals surface area contributed by atoms with Gasteiger partial charge in [0.2, 0.25) is 0 Å². The van der Waals surface area contributed by atoms with E-state index in [2.05, 4.69) is 22.9 Å². The molecule has 0 nitrogen and oxygen atoms in total. The molecule has 0 aliphatic rings. The van der Waals surface area contributed by atoms with Crippen LogP contribution in [0.1, 0.15) is 68.5 Å². The minimum absolute atomic E-state index is 0.120. The molecule has 0 bridgehead atoms. The molecule has 1 aromatic rings. The molecule has 0 aliphatic carbocycles. The second-order valence-electron chi connectivity index (χ2n) is 4.65. The molecule has 0 saturated heterocycles. The molecule has 0 amide bonds. The van der Waals surface area contributed by atoms with E-state index in [-0.39, 0.29) is 5.38 Å². The highest BCUT2D eigenvalue weighted by molar-refractivity contribution is 9.11. The molecule has 104 valence electrons. The second-order valence-corrected chi connectivity index (χ2v) is 7.98. The number of thiophene rings is 1. The van der Waals surface area contributed by atoms with E-state index in [9.17, 15) is 0 Å². The summed E-state index contributed by atoms with van der Waals surface area (Å²) in [6.45, 7) is 2.25. The van der Waals surface area contributed by atoms with Crippen molar-refractivity contribution in [1.29, 1.82) is 0 Å². The predicted molar refractivity (Wildman–Crippen MR) is 88.2 cm³/mol. The van der Waals surface area contributed by atoms with Gasteiger partial charge in [-0.05, 0) is 28.4 Å². The molecule has 1 heterocycles. The Morgan fingerprint density at radius 2 is 1.78 bits per heavy atom. The van der Waals surface area contributed by atoms with Crippen molar-refractivity contribution in [3.8, 4) is 0 Å². The summed E-state index contributed by atoms with van der Waals surface area (Å²) < 4.78 is 0.990. The van der Waals surface area contributed by atoms with Crippen molar-refractivity contribution in [2.75, 3.05) is 0 Å². The molecule has 0 spiro atoms. The molecular weight excluding hydrogens is 351 g/mol. The Morgan fingerprint density at radius 1 is 1.17 bits per heavy atom. The largest absolute Gasteiger partial charge is 0.130 e. The first kappa shape index (κ1) is 16.8. The van der Waals surface area contributed by atoms with Crippen molar-refractivity contribution in [3.05, 3.63) is 19.8 Å². The lowest BCUT2D eigenvalue weighted by molar-refractivity contribution is 0.573. The maximum absolute atomic E-state index is 6.39. The lowest BCUT2D eigenvalue weighted by Crippen LogP contribution is -1.87. The van der Waals surface area contributed by atoms with Crippen LogP contribution in [0.3, 0.4) is 0 Å². The molecule has 4 heteroatoms. The smallest absolute Gasteiger partial charge is 0.0887 e. The van der Waals surface area contributed by atoms with Gasteiger partial charge in [0.15, 0.2) is 0 Å². The topological polar surface area (TPSA) is 0 Å². The molecule has 1 aromatic heterocycles. The summed E-state index contributed by atoms with van der Waals surface area (Å²) in [6.07, 6.45) is 10.4. The minimum atomic E-state index is 0.120. The number of hydrogen-bond acceptors (Lipinski definition) is 1. The highest BCUT2D eigenvalue weighted by atomic mass is 79.9. The van der Waals surface area contributed by atoms with Crippen LogP contribution in [0.2, 0.25) is 5.02 Å². The predicted octanol–water partition coefficient (Wildman–Crippen LogP) is 7.58. The van der Waals surface area contributed by atoms with Crippen molar-refractivity contribution in [3.63, 3.8) is 0 Å². The van der Waals surface area contributed by atoms with Crippen molar-refractivity contribution in [2.24, 2.45) is 0 Å². The molecule has 1 atom stereocenters. The van der Waals surface area contributed by atoms with Gasteiger partial charge in [0.05, 0.1) is 14.2 Å². The fourth-order valence-electron chi connectivity index (χ4n) is 1.94. The fraction of sp³-hybridized carbons (Fsp3) is 0.714. The summed E-state index contributed by atoms with van der Waals surface area (Å²) in [5.41, 5.74) is 0. The highest BCUT2D eigenvalue weighted by Crippen LogP contribution is 2.39. The quantitative estimate of drug-likeness (QED) is 0.310. The first-order chi connectivity index (χ1) is 8.65. The molecule has 18 heavy (non-hydrogen) atoms. The average molecular weight is 372 g/mol. The molecule has 0 N–H and O–H groups in total. The Labute approximate surface area is 133 Å². The third-order valence-electron chi connectivity index (χ3n) is 3.03. The Kier molecular flexibility index (Phi) is 9.00. The third-order valence-corrected chi connectivity index (χ3v) is 6.21. The van der Waals surface area contributed by atoms with Crippen molar-refractivity contribution < 1.29 is 0 Å². The van der Waals surface area contributed by atoms with Gasteiger partial charge in [-0.25, -0.2) is 0 Å². The van der Waals surface area contributed by atoms with E-state index in [1.54, 1.807) is 11.3 Å². The average Bonchev–Trinajstić information content (AvgIpc) is 2.68. The zero-order valence-electron chi connectivity index (χ0n) is 10.9. The van der Waals surface area contributed by atoms with Crippen LogP contribution < -0.4 is 0 Å². The zero-order valence-corrected chi connectivity index (χ0v) is 14.8. The fourth-order valence-corrected chi connectivity index (χ4v) is 4.05. The Hall–Kier alpha value is 0.760. The standard InChI is InChI=1S/C14H21BrCl2S/c1-2-3-4-5-6-7-8-9-11(16)13-10-12(17)14(15)18-13/h10-11H,2-9H2,1H3. The van der Waals surface area contributed by atoms with E-state index in [1.807, 2.05) is 6.07 Å². The summed E-state index contributed by atoms with van der Waals surface area (Å²) >= 11 is 17.5. The SMILES string of the molecule is CCCCCCCCCC(Cl)c1cc(Cl)c(Br)s1. The maximum atomic E-state index is 6.39. The molecular formula is C14H21BrCl2S. The lowest BCUT2D eigenvalue weighted by Gasteiger charge is -2.06. The summed E-state index contributed by atoms with van der Waals surface area (Å²) in [7, 11) is 0. The van der Waals surface area contributed by atoms with Crippen molar-refractivity contribution >= 4 is 50.5 Å². The minimum Gasteiger partial charge on any atom is -0.130 e. The van der Waals surface area contributed by atoms with Gasteiger partial charge in [-0.1, -0.05) is 63.5 Å². The van der Waals surface area contributed by atoms with Gasteiger partial charge in [-0.15, -0.1) is 22.9 Å². The number of rotatable bonds is 9. The number of alkyl halides is 1. The summed E-state index contributed by atoms with van der Waals surface area (Å²) in [4.78, 5) is 1.18. The summed E-state index contributed by atoms with van der Waals surface area (Å²) in [6, 6.07) is 1.98. The van der Waals surface area contributed by atoms with E-state index in [1.165, 1.54) is 49.8 Å². The molecule has 0 saturated carbocycles. The van der Waals surface area contributed by atoms with Crippen LogP contribution in [-0.2, 0) is 0 Å². The molecule has 1 rings (SSSR count). The van der Waals surface area contributed by atoms with Crippen LogP contribution in [0.25, 0.3) is 0 Å². The molecule has 0 aliphatic heterocycles. The molecule has 0 fully saturated rings. The molecule has 0 aromatic carbocycles. The van der Waals surface area contributed by atoms with Crippen molar-refractivity contribution in [2.45, 2.75) is 63.7 Å². The highest BCUT2D eigenvalue weighted by Gasteiger charge is 2.12. The van der Waals surface area contributed by atoms with Crippen LogP contribution in [0.5, 0.6) is 0 Å². The van der Waals surface area contributed by atoms with E-state index < -0.39 is 0 Å². The third kappa shape index (κ3) is 6.27. The Morgan fingerprint density at radius 3 is 2.33 bits per heavy atom. The maximum Gasteiger partial charge on any atom is 0.0887 e. The van der Waals surface area contributed by atoms with Gasteiger partial charge in [-0.2, -0.15) is 0 Å². The number of hydrogen-bond donors (Lipinski definition) is 0. The van der Waals surface area contributed by atoms with Gasteiger partial charge >= 0.3 is 0 Å². The second kappa shape index (κ2) is 9.63. The Balaban J connectivity index is 2.12. The first-order valence-electron chi connectivity index (χ1n) is 6.74. The van der Waals surface area contributed by atoms with Gasteiger partial charge in [-0.3, -0.25) is 0 Å². The zero-order chi connectivity index (χ0) is 13.4. The van der Waals surface area contributed by atoms with Crippen molar-refractivity contribution in [1.82, 2.24) is 0 Å². The van der Waals surface area contributed by atoms with Gasteiger partial charge in [0.1, 0.15) is 0 Å². The molecule has 0 radical (unpaired) electrons. The van der Waals surface area contributed by atoms with Gasteiger partial charge < -0.3 is 0 Å². The van der Waals surface area contributed by atoms with Crippen LogP contribution in [-0.4, -0.2) is 0 Å². The van der Waals surface area contributed by atoms with Crippen LogP contribution in [0.15, 0.2) is 9.85 Å². The van der Waals surface area contributed by atoms with E-state index in [4.69, 9.17) is 23.2 Å². The van der Waals surface area contributed by atoms with Crippen LogP contribution >= 0.6 is 50.5 Å². The van der Waals surface area contributed by atoms with Gasteiger partial charge in [0.25, 0.3) is 0 Å². The number of unbranched alkanes of at least 4 members (excludes halogenated alkanes) is 6. The van der Waals surface area contributed by atoms with Crippen LogP contribution in [0, 0.1) is 0 Å². The number of halogens is 3. The lowest BCUT2D eigenvalue weighted by atomic mass is 10.1. The molecule has 1 unspecified atom stereocenters. The van der Waals surface area contributed by atoms with Gasteiger partial charge in [0, 0.05) is 4.88 Å². The van der Waals surface area contributed by atoms with E-state index in [0.29, 0.717) is 0 Å². The monoisotopic (exact) mass is 370 g/mol. The Bertz CT molecular complexity index is 319. The van der Waals surface area contributed by atoms with E-state index in [0.717, 1.165) is 15.2 Å². The first-order valence-corrected chi connectivity index (χ1v) is 9.16. The summed E-state index contributed by atoms with van der Waals surface area (Å²) in [5.74, 6) is 0.